The molecule has 0 aromatic heterocycles. The van der Waals surface area contributed by atoms with Crippen LogP contribution in [0.15, 0.2) is 0 Å². The Morgan fingerprint density at radius 1 is 1.53 bits per heavy atom. The van der Waals surface area contributed by atoms with E-state index >= 15 is 0 Å². The minimum Gasteiger partial charge on any atom is -0.341 e. The van der Waals surface area contributed by atoms with Gasteiger partial charge in [0.2, 0.25) is 5.91 Å². The fourth-order valence-electron chi connectivity index (χ4n) is 2.00. The predicted molar refractivity (Wildman–Crippen MR) is 58.9 cm³/mol. The number of carbonyl (C=O) groups is 1. The number of carbonyl (C=O) groups excluding carboxylic acids is 1. The van der Waals surface area contributed by atoms with Crippen LogP contribution in [0.2, 0.25) is 0 Å². The maximum atomic E-state index is 11.9. The van der Waals surface area contributed by atoms with Crippen LogP contribution in [0.25, 0.3) is 0 Å². The number of nitriles is 1. The van der Waals surface area contributed by atoms with Crippen molar-refractivity contribution in [2.45, 2.75) is 33.6 Å². The van der Waals surface area contributed by atoms with Gasteiger partial charge in [-0.1, -0.05) is 20.8 Å². The third-order valence-electron chi connectivity index (χ3n) is 3.51. The second kappa shape index (κ2) is 5.16. The molecule has 0 spiro atoms. The first-order chi connectivity index (χ1) is 7.10. The van der Waals surface area contributed by atoms with E-state index < -0.39 is 5.92 Å². The maximum Gasteiger partial charge on any atom is 0.239 e. The molecular weight excluding hydrogens is 188 g/mol. The first-order valence-electron chi connectivity index (χ1n) is 5.78. The van der Waals surface area contributed by atoms with Gasteiger partial charge in [0.15, 0.2) is 0 Å². The van der Waals surface area contributed by atoms with Crippen LogP contribution in [0.3, 0.4) is 0 Å². The number of piperidine rings is 1. The molecule has 1 rings (SSSR count). The first-order valence-corrected chi connectivity index (χ1v) is 5.78. The number of hydrogen-bond donors (Lipinski definition) is 0. The summed E-state index contributed by atoms with van der Waals surface area (Å²) in [5.41, 5.74) is 0. The predicted octanol–water partition coefficient (Wildman–Crippen LogP) is 2.04. The molecular formula is C12H20N2O. The summed E-state index contributed by atoms with van der Waals surface area (Å²) in [7, 11) is 0. The summed E-state index contributed by atoms with van der Waals surface area (Å²) in [4.78, 5) is 13.8. The van der Waals surface area contributed by atoms with Crippen LogP contribution >= 0.6 is 0 Å². The molecule has 0 aromatic rings. The molecule has 0 aliphatic carbocycles. The van der Waals surface area contributed by atoms with E-state index in [4.69, 9.17) is 5.26 Å². The van der Waals surface area contributed by atoms with Gasteiger partial charge in [-0.25, -0.2) is 0 Å². The van der Waals surface area contributed by atoms with Gasteiger partial charge in [-0.05, 0) is 24.7 Å². The minimum atomic E-state index is -0.439. The monoisotopic (exact) mass is 208 g/mol. The summed E-state index contributed by atoms with van der Waals surface area (Å²) in [5, 5.41) is 8.85. The molecule has 1 aliphatic rings. The van der Waals surface area contributed by atoms with E-state index in [0.717, 1.165) is 19.5 Å². The summed E-state index contributed by atoms with van der Waals surface area (Å²) >= 11 is 0. The molecule has 0 N–H and O–H groups in total. The Morgan fingerprint density at radius 2 is 2.20 bits per heavy atom. The van der Waals surface area contributed by atoms with Crippen molar-refractivity contribution in [3.05, 3.63) is 0 Å². The second-order valence-corrected chi connectivity index (χ2v) is 4.62. The van der Waals surface area contributed by atoms with Crippen LogP contribution in [0.4, 0.5) is 0 Å². The van der Waals surface area contributed by atoms with Crippen LogP contribution < -0.4 is 0 Å². The van der Waals surface area contributed by atoms with Crippen molar-refractivity contribution < 1.29 is 4.79 Å². The molecule has 1 heterocycles. The van der Waals surface area contributed by atoms with Gasteiger partial charge in [-0.2, -0.15) is 5.26 Å². The third-order valence-corrected chi connectivity index (χ3v) is 3.51. The highest BCUT2D eigenvalue weighted by Gasteiger charge is 2.29. The fraction of sp³-hybridized carbons (Fsp3) is 0.833. The molecule has 0 radical (unpaired) electrons. The van der Waals surface area contributed by atoms with Crippen LogP contribution in [-0.2, 0) is 4.79 Å². The Kier molecular flexibility index (Phi) is 4.14. The van der Waals surface area contributed by atoms with Crippen molar-refractivity contribution in [2.75, 3.05) is 13.1 Å². The van der Waals surface area contributed by atoms with Gasteiger partial charge < -0.3 is 4.90 Å². The van der Waals surface area contributed by atoms with E-state index in [1.807, 2.05) is 11.8 Å². The zero-order chi connectivity index (χ0) is 11.4. The quantitative estimate of drug-likeness (QED) is 0.697. The van der Waals surface area contributed by atoms with Gasteiger partial charge in [0, 0.05) is 13.1 Å². The number of amides is 1. The highest BCUT2D eigenvalue weighted by atomic mass is 16.2. The average molecular weight is 208 g/mol. The van der Waals surface area contributed by atoms with Crippen molar-refractivity contribution in [1.82, 2.24) is 4.90 Å². The lowest BCUT2D eigenvalue weighted by atomic mass is 9.88. The zero-order valence-electron chi connectivity index (χ0n) is 9.86. The summed E-state index contributed by atoms with van der Waals surface area (Å²) in [5.74, 6) is 0.833. The van der Waals surface area contributed by atoms with E-state index in [1.165, 1.54) is 0 Å². The minimum absolute atomic E-state index is 0.0266. The molecule has 3 nitrogen and oxygen atoms in total. The number of rotatable bonds is 2. The van der Waals surface area contributed by atoms with Gasteiger partial charge in [-0.3, -0.25) is 4.79 Å². The Labute approximate surface area is 92.1 Å². The Hall–Kier alpha value is -1.04. The second-order valence-electron chi connectivity index (χ2n) is 4.62. The average Bonchev–Trinajstić information content (AvgIpc) is 2.23. The largest absolute Gasteiger partial charge is 0.341 e. The lowest BCUT2D eigenvalue weighted by Crippen LogP contribution is -2.44. The van der Waals surface area contributed by atoms with Crippen molar-refractivity contribution in [1.29, 1.82) is 5.26 Å². The molecule has 3 unspecified atom stereocenters. The van der Waals surface area contributed by atoms with Crippen molar-refractivity contribution in [3.63, 3.8) is 0 Å². The first kappa shape index (κ1) is 12.0. The Balaban J connectivity index is 2.58. The number of hydrogen-bond acceptors (Lipinski definition) is 2. The molecule has 1 amide bonds. The third kappa shape index (κ3) is 2.71. The van der Waals surface area contributed by atoms with Gasteiger partial charge in [0.1, 0.15) is 5.92 Å². The van der Waals surface area contributed by atoms with Crippen LogP contribution in [0.5, 0.6) is 0 Å². The highest BCUT2D eigenvalue weighted by molar-refractivity contribution is 5.81. The van der Waals surface area contributed by atoms with Crippen LogP contribution in [-0.4, -0.2) is 23.9 Å². The molecule has 3 atom stereocenters. The summed E-state index contributed by atoms with van der Waals surface area (Å²) in [6.07, 6.45) is 1.69. The number of nitrogens with zero attached hydrogens (tertiary/aromatic N) is 2. The van der Waals surface area contributed by atoms with Crippen molar-refractivity contribution in [3.8, 4) is 6.07 Å². The molecule has 84 valence electrons. The van der Waals surface area contributed by atoms with Gasteiger partial charge in [-0.15, -0.1) is 0 Å². The molecule has 3 heteroatoms. The Bertz CT molecular complexity index is 269. The number of likely N-dealkylation sites (tertiary alicyclic amines) is 1. The molecule has 15 heavy (non-hydrogen) atoms. The molecule has 1 saturated heterocycles. The molecule has 0 saturated carbocycles. The van der Waals surface area contributed by atoms with Gasteiger partial charge in [0.05, 0.1) is 6.07 Å². The molecule has 1 fully saturated rings. The Morgan fingerprint density at radius 3 is 2.67 bits per heavy atom. The SMILES string of the molecule is CCC(C#N)C(=O)N1CCC(C)C(C)C1. The van der Waals surface area contributed by atoms with Crippen LogP contribution in [0, 0.1) is 29.1 Å². The van der Waals surface area contributed by atoms with E-state index in [2.05, 4.69) is 19.9 Å². The molecule has 0 aromatic carbocycles. The smallest absolute Gasteiger partial charge is 0.239 e. The zero-order valence-corrected chi connectivity index (χ0v) is 9.86. The van der Waals surface area contributed by atoms with Crippen molar-refractivity contribution in [2.24, 2.45) is 17.8 Å². The van der Waals surface area contributed by atoms with Gasteiger partial charge >= 0.3 is 0 Å². The lowest BCUT2D eigenvalue weighted by Gasteiger charge is -2.36. The summed E-state index contributed by atoms with van der Waals surface area (Å²) < 4.78 is 0. The molecule has 1 aliphatic heterocycles. The van der Waals surface area contributed by atoms with E-state index in [-0.39, 0.29) is 5.91 Å². The van der Waals surface area contributed by atoms with Crippen LogP contribution in [0.1, 0.15) is 33.6 Å². The molecule has 0 bridgehead atoms. The van der Waals surface area contributed by atoms with Gasteiger partial charge in [0.25, 0.3) is 0 Å². The fourth-order valence-corrected chi connectivity index (χ4v) is 2.00. The van der Waals surface area contributed by atoms with E-state index in [1.54, 1.807) is 0 Å². The summed E-state index contributed by atoms with van der Waals surface area (Å²) in [6, 6.07) is 2.08. The maximum absolute atomic E-state index is 11.9. The summed E-state index contributed by atoms with van der Waals surface area (Å²) in [6.45, 7) is 7.94. The standard InChI is InChI=1S/C12H20N2O/c1-4-11(7-13)12(15)14-6-5-9(2)10(3)8-14/h9-11H,4-6,8H2,1-3H3. The van der Waals surface area contributed by atoms with Crippen molar-refractivity contribution >= 4 is 5.91 Å². The van der Waals surface area contributed by atoms with E-state index in [0.29, 0.717) is 18.3 Å². The topological polar surface area (TPSA) is 44.1 Å². The highest BCUT2D eigenvalue weighted by Crippen LogP contribution is 2.23. The lowest BCUT2D eigenvalue weighted by molar-refractivity contribution is -0.136. The van der Waals surface area contributed by atoms with E-state index in [9.17, 15) is 4.79 Å². The normalized spacial score (nSPS) is 28.3.